The van der Waals surface area contributed by atoms with Crippen molar-refractivity contribution in [1.82, 2.24) is 29.9 Å². The van der Waals surface area contributed by atoms with Crippen LogP contribution < -0.4 is 0 Å². The Labute approximate surface area is 774 Å². The Balaban J connectivity index is 0.000000225. The molecule has 6 nitrogen and oxygen atoms in total. The maximum absolute atomic E-state index is 16.1. The van der Waals surface area contributed by atoms with Crippen LogP contribution in [0.2, 0.25) is 0 Å². The molecular weight excluding hydrogens is 2020 g/mol. The number of rotatable bonds is 15. The molecule has 0 spiro atoms. The number of halogens is 40. The first-order valence-electron chi connectivity index (χ1n) is 39.4. The summed E-state index contributed by atoms with van der Waals surface area (Å²) in [6.45, 7) is 1.35. The van der Waals surface area contributed by atoms with Gasteiger partial charge in [0, 0.05) is 44.5 Å². The van der Waals surface area contributed by atoms with Crippen molar-refractivity contribution in [1.29, 1.82) is 0 Å². The molecule has 0 N–H and O–H groups in total. The molecule has 0 fully saturated rings. The third kappa shape index (κ3) is 16.5. The fraction of sp³-hybridized carbons (Fsp3) is 0.0204. The Morgan fingerprint density at radius 2 is 0.208 bits per heavy atom. The highest BCUT2D eigenvalue weighted by Crippen LogP contribution is 2.49. The number of nitrogens with zero attached hydrogens (tertiary/aromatic N) is 6. The normalized spacial score (nSPS) is 11.5. The molecule has 15 aromatic carbocycles. The maximum atomic E-state index is 16.1. The first-order valence-corrected chi connectivity index (χ1v) is 39.4. The molecule has 17 aromatic rings. The molecule has 0 amide bonds. The van der Waals surface area contributed by atoms with E-state index < -0.39 is 384 Å². The SMILES string of the molecule is Cc1c(F)c(F)c(F)c(-c2c(F)c(F)c(-c3cccc(-c4nc(-c5cccc(-c6c(F)c(F)c(-c7c(F)c(F)c(F)c(F)c7F)c(F)c6F)c5)nc(-c5cccc(-c6c(F)c(F)c(-c7c(F)c(F)c(F)c(F)c7F)c(F)c6F)c5)n4)c3)c(F)c2F)c1F.Cc1c(F)c(F)c(F)c(-c2cccc(-c3nc(-c4cccc(-c5c(F)c(F)c(F)c(F)c5F)c4)nc(-c4cccc(-c5c(F)c(F)c(F)c(F)c5F)c4)n3)c2)c1F. The molecule has 144 heavy (non-hydrogen) atoms. The summed E-state index contributed by atoms with van der Waals surface area (Å²) < 4.78 is 595. The van der Waals surface area contributed by atoms with E-state index in [1.165, 1.54) is 24.3 Å². The second kappa shape index (κ2) is 37.8. The lowest BCUT2D eigenvalue weighted by Gasteiger charge is -2.16. The van der Waals surface area contributed by atoms with Crippen LogP contribution in [0.1, 0.15) is 11.1 Å². The zero-order valence-corrected chi connectivity index (χ0v) is 69.7. The van der Waals surface area contributed by atoms with E-state index in [2.05, 4.69) is 29.9 Å². The Hall–Kier alpha value is -16.5. The van der Waals surface area contributed by atoms with Gasteiger partial charge < -0.3 is 0 Å². The lowest BCUT2D eigenvalue weighted by Crippen LogP contribution is -2.10. The Kier molecular flexibility index (Phi) is 26.4. The zero-order chi connectivity index (χ0) is 105. The average molecular weight is 2050 g/mol. The summed E-state index contributed by atoms with van der Waals surface area (Å²) in [4.78, 5) is 25.3. The van der Waals surface area contributed by atoms with Crippen molar-refractivity contribution in [2.24, 2.45) is 0 Å². The van der Waals surface area contributed by atoms with Crippen LogP contribution >= 0.6 is 0 Å². The number of hydrogen-bond acceptors (Lipinski definition) is 6. The predicted molar refractivity (Wildman–Crippen MR) is 429 cm³/mol. The summed E-state index contributed by atoms with van der Waals surface area (Å²) in [7, 11) is 0. The quantitative estimate of drug-likeness (QED) is 0.0578. The summed E-state index contributed by atoms with van der Waals surface area (Å²) in [5, 5.41) is 0. The van der Waals surface area contributed by atoms with Crippen molar-refractivity contribution in [3.63, 3.8) is 0 Å². The van der Waals surface area contributed by atoms with E-state index in [9.17, 15) is 114 Å². The highest BCUT2D eigenvalue weighted by atomic mass is 19.2. The summed E-state index contributed by atoms with van der Waals surface area (Å²) >= 11 is 0. The Morgan fingerprint density at radius 1 is 0.111 bits per heavy atom. The molecule has 0 saturated carbocycles. The Bertz CT molecular complexity index is 7390. The van der Waals surface area contributed by atoms with Gasteiger partial charge in [0.15, 0.2) is 233 Å². The van der Waals surface area contributed by atoms with Crippen LogP contribution in [-0.4, -0.2) is 29.9 Å². The summed E-state index contributed by atoms with van der Waals surface area (Å²) in [5.74, 6) is -102. The van der Waals surface area contributed by atoms with Crippen LogP contribution in [0.3, 0.4) is 0 Å². The second-order valence-electron chi connectivity index (χ2n) is 30.4. The molecule has 46 heteroatoms. The second-order valence-corrected chi connectivity index (χ2v) is 30.4. The largest absolute Gasteiger partial charge is 0.208 e. The fourth-order valence-corrected chi connectivity index (χ4v) is 15.1. The molecule has 17 rings (SSSR count). The first-order chi connectivity index (χ1) is 67.9. The molecule has 0 aliphatic rings. The molecule has 2 aromatic heterocycles. The van der Waals surface area contributed by atoms with Crippen LogP contribution in [0.25, 0.3) is 168 Å². The van der Waals surface area contributed by atoms with Crippen LogP contribution in [0.4, 0.5) is 176 Å². The molecule has 0 bridgehead atoms. The average Bonchev–Trinajstić information content (AvgIpc) is 0.782. The van der Waals surface area contributed by atoms with Crippen molar-refractivity contribution < 1.29 is 176 Å². The minimum Gasteiger partial charge on any atom is -0.208 e. The van der Waals surface area contributed by atoms with Crippen LogP contribution in [0.5, 0.6) is 0 Å². The maximum Gasteiger partial charge on any atom is 0.200 e. The van der Waals surface area contributed by atoms with Gasteiger partial charge in [-0.05, 0) is 83.6 Å². The van der Waals surface area contributed by atoms with Crippen molar-refractivity contribution in [2.45, 2.75) is 13.8 Å². The van der Waals surface area contributed by atoms with Gasteiger partial charge in [-0.3, -0.25) is 0 Å². The Morgan fingerprint density at radius 3 is 0.368 bits per heavy atom. The van der Waals surface area contributed by atoms with Gasteiger partial charge >= 0.3 is 0 Å². The molecule has 0 atom stereocenters. The summed E-state index contributed by atoms with van der Waals surface area (Å²) in [6.07, 6.45) is 0. The molecular formula is C98H30F40N6. The van der Waals surface area contributed by atoms with E-state index in [1.54, 1.807) is 0 Å². The van der Waals surface area contributed by atoms with Crippen molar-refractivity contribution in [3.8, 4) is 168 Å². The number of hydrogen-bond donors (Lipinski definition) is 0. The molecule has 0 aliphatic carbocycles. The molecule has 2 heterocycles. The standard InChI is InChI=1S/C58H15F26N3.C40H15F14N3/c1-14-30(59)24(44(73)49(78)31(14)60)25-38(67)32(61)21(33(62)39(25)68)15-5-2-8-18(11-15)56-85-57(19-9-3-6-16(12-19)22-34(63)40(69)26(41(70)35(22)64)28-45(74)50(79)54(83)51(80)46(28)75)87-58(86-56)20-10-4-7-17(13-20)23-36(65)42(71)27(43(72)37(23)66)29-47(76)52(81)55(84)53(82)48(29)77;1-14-24(41)21(26(43)31(48)25(14)42)15-5-2-8-18(11-15)38-55-39(19-9-3-6-16(12-19)22-27(44)32(49)36(53)33(50)28(22)45)57-40(56-38)20-10-4-7-17(13-20)23-29(46)34(51)37(54)35(52)30(23)47/h2-13H,1H3;2-13H,1H3. The van der Waals surface area contributed by atoms with Crippen molar-refractivity contribution >= 4 is 0 Å². The molecule has 0 radical (unpaired) electrons. The van der Waals surface area contributed by atoms with Crippen molar-refractivity contribution in [2.75, 3.05) is 0 Å². The lowest BCUT2D eigenvalue weighted by atomic mass is 9.94. The van der Waals surface area contributed by atoms with E-state index in [1.807, 2.05) is 0 Å². The monoisotopic (exact) mass is 2050 g/mol. The van der Waals surface area contributed by atoms with E-state index in [4.69, 9.17) is 0 Å². The zero-order valence-electron chi connectivity index (χ0n) is 69.7. The predicted octanol–water partition coefficient (Wildman–Crippen LogP) is 30.9. The highest BCUT2D eigenvalue weighted by Gasteiger charge is 2.41. The van der Waals surface area contributed by atoms with Gasteiger partial charge in [-0.2, -0.15) is 0 Å². The third-order valence-corrected chi connectivity index (χ3v) is 22.1. The minimum atomic E-state index is -2.87. The molecule has 0 unspecified atom stereocenters. The van der Waals surface area contributed by atoms with E-state index >= 15 is 61.5 Å². The smallest absolute Gasteiger partial charge is 0.200 e. The van der Waals surface area contributed by atoms with Crippen LogP contribution in [-0.2, 0) is 0 Å². The van der Waals surface area contributed by atoms with Gasteiger partial charge in [-0.25, -0.2) is 206 Å². The van der Waals surface area contributed by atoms with Crippen LogP contribution in [0, 0.1) is 247 Å². The van der Waals surface area contributed by atoms with Gasteiger partial charge in [0.25, 0.3) is 0 Å². The first kappa shape index (κ1) is 100. The third-order valence-electron chi connectivity index (χ3n) is 22.1. The van der Waals surface area contributed by atoms with Gasteiger partial charge in [0.05, 0.1) is 66.8 Å². The minimum absolute atomic E-state index is 0.106. The highest BCUT2D eigenvalue weighted by molar-refractivity contribution is 5.84. The lowest BCUT2D eigenvalue weighted by molar-refractivity contribution is 0.379. The van der Waals surface area contributed by atoms with Gasteiger partial charge in [0.1, 0.15) is 11.6 Å². The molecule has 0 saturated heterocycles. The van der Waals surface area contributed by atoms with E-state index in [0.717, 1.165) is 97.9 Å². The summed E-state index contributed by atoms with van der Waals surface area (Å²) in [5.41, 5.74) is -31.6. The summed E-state index contributed by atoms with van der Waals surface area (Å²) in [6, 6.07) is 22.6. The van der Waals surface area contributed by atoms with Crippen LogP contribution in [0.15, 0.2) is 146 Å². The van der Waals surface area contributed by atoms with Gasteiger partial charge in [-0.15, -0.1) is 0 Å². The van der Waals surface area contributed by atoms with Gasteiger partial charge in [0.2, 0.25) is 23.3 Å². The van der Waals surface area contributed by atoms with Crippen molar-refractivity contribution in [3.05, 3.63) is 389 Å². The van der Waals surface area contributed by atoms with E-state index in [-0.39, 0.29) is 28.1 Å². The fourth-order valence-electron chi connectivity index (χ4n) is 15.1. The molecule has 0 aliphatic heterocycles. The van der Waals surface area contributed by atoms with Gasteiger partial charge in [-0.1, -0.05) is 109 Å². The number of benzene rings is 15. The van der Waals surface area contributed by atoms with E-state index in [0.29, 0.717) is 37.3 Å². The number of aromatic nitrogens is 6. The molecule has 732 valence electrons. The topological polar surface area (TPSA) is 77.3 Å².